The number of imide groups is 2. The van der Waals surface area contributed by atoms with E-state index < -0.39 is 23.6 Å². The maximum atomic E-state index is 12.9. The molecule has 7 nitrogen and oxygen atoms in total. The van der Waals surface area contributed by atoms with Gasteiger partial charge in [-0.1, -0.05) is 29.3 Å². The normalized spacial score (nSPS) is 14.3. The van der Waals surface area contributed by atoms with Crippen LogP contribution in [0.5, 0.6) is 11.5 Å². The van der Waals surface area contributed by atoms with Gasteiger partial charge in [-0.3, -0.25) is 19.2 Å². The Bertz CT molecular complexity index is 1670. The zero-order chi connectivity index (χ0) is 25.8. The number of halogens is 2. The van der Waals surface area contributed by atoms with E-state index in [1.54, 1.807) is 60.7 Å². The van der Waals surface area contributed by atoms with Gasteiger partial charge in [-0.05, 0) is 72.8 Å². The van der Waals surface area contributed by atoms with Crippen molar-refractivity contribution < 1.29 is 23.9 Å². The van der Waals surface area contributed by atoms with E-state index >= 15 is 0 Å². The molecule has 2 aliphatic rings. The van der Waals surface area contributed by atoms with Crippen LogP contribution in [0.3, 0.4) is 0 Å². The summed E-state index contributed by atoms with van der Waals surface area (Å²) >= 11 is 12.0. The SMILES string of the molecule is O=C1c2ccc(Cl)cc2C(=O)N1c1ccc(Oc2cccc(N3C(=O)c4ccc(Cl)cc4C3=O)c2)cc1. The molecule has 37 heavy (non-hydrogen) atoms. The van der Waals surface area contributed by atoms with Crippen molar-refractivity contribution in [3.8, 4) is 11.5 Å². The first-order chi connectivity index (χ1) is 17.8. The molecule has 4 amide bonds. The quantitative estimate of drug-likeness (QED) is 0.286. The number of anilines is 2. The Morgan fingerprint density at radius 1 is 0.486 bits per heavy atom. The molecule has 0 bridgehead atoms. The summed E-state index contributed by atoms with van der Waals surface area (Å²) in [5.41, 5.74) is 1.81. The average Bonchev–Trinajstić information content (AvgIpc) is 3.28. The van der Waals surface area contributed by atoms with Crippen molar-refractivity contribution in [2.24, 2.45) is 0 Å². The van der Waals surface area contributed by atoms with Crippen molar-refractivity contribution in [3.63, 3.8) is 0 Å². The van der Waals surface area contributed by atoms with Gasteiger partial charge in [-0.25, -0.2) is 9.80 Å². The van der Waals surface area contributed by atoms with Crippen LogP contribution in [-0.2, 0) is 0 Å². The zero-order valence-corrected chi connectivity index (χ0v) is 20.3. The van der Waals surface area contributed by atoms with Gasteiger partial charge in [-0.2, -0.15) is 0 Å². The Morgan fingerprint density at radius 3 is 1.57 bits per heavy atom. The first kappa shape index (κ1) is 23.0. The molecule has 0 unspecified atom stereocenters. The molecule has 4 aromatic rings. The molecule has 180 valence electrons. The number of fused-ring (bicyclic) bond motifs is 2. The number of hydrogen-bond donors (Lipinski definition) is 0. The fraction of sp³-hybridized carbons (Fsp3) is 0. The van der Waals surface area contributed by atoms with Crippen LogP contribution in [0.4, 0.5) is 11.4 Å². The predicted molar refractivity (Wildman–Crippen MR) is 138 cm³/mol. The molecule has 0 spiro atoms. The van der Waals surface area contributed by atoms with Gasteiger partial charge in [0.2, 0.25) is 0 Å². The van der Waals surface area contributed by atoms with Gasteiger partial charge < -0.3 is 4.74 Å². The highest BCUT2D eigenvalue weighted by Crippen LogP contribution is 2.35. The summed E-state index contributed by atoms with van der Waals surface area (Å²) in [6, 6.07) is 22.1. The lowest BCUT2D eigenvalue weighted by Crippen LogP contribution is -2.29. The highest BCUT2D eigenvalue weighted by atomic mass is 35.5. The third-order valence-electron chi connectivity index (χ3n) is 6.10. The fourth-order valence-electron chi connectivity index (χ4n) is 4.38. The Kier molecular flexibility index (Phi) is 5.33. The maximum absolute atomic E-state index is 12.9. The Balaban J connectivity index is 1.22. The number of carbonyl (C=O) groups excluding carboxylic acids is 4. The number of amides is 4. The summed E-state index contributed by atoms with van der Waals surface area (Å²) < 4.78 is 5.92. The smallest absolute Gasteiger partial charge is 0.266 e. The molecule has 2 heterocycles. The minimum absolute atomic E-state index is 0.245. The van der Waals surface area contributed by atoms with Gasteiger partial charge in [0.25, 0.3) is 23.6 Å². The fourth-order valence-corrected chi connectivity index (χ4v) is 4.72. The average molecular weight is 529 g/mol. The highest BCUT2D eigenvalue weighted by Gasteiger charge is 2.38. The maximum Gasteiger partial charge on any atom is 0.266 e. The van der Waals surface area contributed by atoms with Crippen LogP contribution >= 0.6 is 23.2 Å². The minimum Gasteiger partial charge on any atom is -0.457 e. The molecular formula is C28H14Cl2N2O5. The minimum atomic E-state index is -0.466. The van der Waals surface area contributed by atoms with Crippen LogP contribution in [0.15, 0.2) is 84.9 Å². The summed E-state index contributed by atoms with van der Waals surface area (Å²) in [6.07, 6.45) is 0. The number of rotatable bonds is 4. The predicted octanol–water partition coefficient (Wildman–Crippen LogP) is 6.39. The molecule has 0 aliphatic carbocycles. The Labute approximate surface area is 220 Å². The van der Waals surface area contributed by atoms with Crippen molar-refractivity contribution in [1.82, 2.24) is 0 Å². The van der Waals surface area contributed by atoms with E-state index in [2.05, 4.69) is 0 Å². The van der Waals surface area contributed by atoms with E-state index in [1.807, 2.05) is 0 Å². The number of carbonyl (C=O) groups is 4. The molecule has 6 rings (SSSR count). The van der Waals surface area contributed by atoms with Crippen molar-refractivity contribution in [2.75, 3.05) is 9.80 Å². The molecule has 2 aliphatic heterocycles. The summed E-state index contributed by atoms with van der Waals surface area (Å²) in [6.45, 7) is 0. The van der Waals surface area contributed by atoms with Crippen LogP contribution in [0.2, 0.25) is 10.0 Å². The molecule has 9 heteroatoms. The zero-order valence-electron chi connectivity index (χ0n) is 18.8. The van der Waals surface area contributed by atoms with Crippen molar-refractivity contribution in [2.45, 2.75) is 0 Å². The second-order valence-electron chi connectivity index (χ2n) is 8.36. The second kappa shape index (κ2) is 8.58. The summed E-state index contributed by atoms with van der Waals surface area (Å²) in [7, 11) is 0. The Morgan fingerprint density at radius 2 is 1.00 bits per heavy atom. The van der Waals surface area contributed by atoms with Crippen LogP contribution in [0.1, 0.15) is 41.4 Å². The first-order valence-corrected chi connectivity index (χ1v) is 11.8. The van der Waals surface area contributed by atoms with Gasteiger partial charge in [0.15, 0.2) is 0 Å². The van der Waals surface area contributed by atoms with Crippen LogP contribution in [-0.4, -0.2) is 23.6 Å². The second-order valence-corrected chi connectivity index (χ2v) is 9.24. The van der Waals surface area contributed by atoms with E-state index in [-0.39, 0.29) is 16.7 Å². The molecule has 0 N–H and O–H groups in total. The van der Waals surface area contributed by atoms with Gasteiger partial charge in [0, 0.05) is 16.1 Å². The third kappa shape index (κ3) is 3.76. The van der Waals surface area contributed by atoms with Gasteiger partial charge in [-0.15, -0.1) is 0 Å². The highest BCUT2D eigenvalue weighted by molar-refractivity contribution is 6.37. The van der Waals surface area contributed by atoms with E-state index in [1.165, 1.54) is 24.3 Å². The van der Waals surface area contributed by atoms with E-state index in [0.29, 0.717) is 38.5 Å². The molecule has 0 atom stereocenters. The largest absolute Gasteiger partial charge is 0.457 e. The monoisotopic (exact) mass is 528 g/mol. The first-order valence-electron chi connectivity index (χ1n) is 11.1. The third-order valence-corrected chi connectivity index (χ3v) is 6.57. The van der Waals surface area contributed by atoms with Gasteiger partial charge >= 0.3 is 0 Å². The number of hydrogen-bond acceptors (Lipinski definition) is 5. The van der Waals surface area contributed by atoms with Gasteiger partial charge in [0.05, 0.1) is 33.6 Å². The van der Waals surface area contributed by atoms with E-state index in [0.717, 1.165) is 9.80 Å². The number of benzene rings is 4. The van der Waals surface area contributed by atoms with Crippen molar-refractivity contribution >= 4 is 58.2 Å². The Hall–Kier alpha value is -4.46. The van der Waals surface area contributed by atoms with Crippen molar-refractivity contribution in [3.05, 3.63) is 117 Å². The summed E-state index contributed by atoms with van der Waals surface area (Å²) in [5, 5.41) is 0.741. The summed E-state index contributed by atoms with van der Waals surface area (Å²) in [5.74, 6) is -0.983. The van der Waals surface area contributed by atoms with Crippen molar-refractivity contribution in [1.29, 1.82) is 0 Å². The van der Waals surface area contributed by atoms with Crippen LogP contribution < -0.4 is 14.5 Å². The summed E-state index contributed by atoms with van der Waals surface area (Å²) in [4.78, 5) is 53.5. The van der Waals surface area contributed by atoms with Crippen LogP contribution in [0, 0.1) is 0 Å². The standard InChI is InChI=1S/C28H14Cl2N2O5/c29-15-4-10-21-23(12-15)27(35)31(25(21)33)17-6-8-19(9-7-17)37-20-3-1-2-18(14-20)32-26(34)22-11-5-16(30)13-24(22)28(32)36/h1-14H. The lowest BCUT2D eigenvalue weighted by molar-refractivity contribution is 0.0910. The molecule has 0 radical (unpaired) electrons. The number of nitrogens with zero attached hydrogens (tertiary/aromatic N) is 2. The lowest BCUT2D eigenvalue weighted by atomic mass is 10.1. The number of ether oxygens (including phenoxy) is 1. The van der Waals surface area contributed by atoms with E-state index in [9.17, 15) is 19.2 Å². The molecule has 0 saturated heterocycles. The van der Waals surface area contributed by atoms with Crippen LogP contribution in [0.25, 0.3) is 0 Å². The lowest BCUT2D eigenvalue weighted by Gasteiger charge is -2.16. The molecule has 0 fully saturated rings. The molecule has 0 saturated carbocycles. The molecule has 4 aromatic carbocycles. The van der Waals surface area contributed by atoms with E-state index in [4.69, 9.17) is 27.9 Å². The topological polar surface area (TPSA) is 84.0 Å². The van der Waals surface area contributed by atoms with Gasteiger partial charge in [0.1, 0.15) is 11.5 Å². The molecule has 0 aromatic heterocycles. The molecular weight excluding hydrogens is 515 g/mol.